The highest BCUT2D eigenvalue weighted by atomic mass is 32.1. The Hall–Kier alpha value is -1.19. The summed E-state index contributed by atoms with van der Waals surface area (Å²) in [6, 6.07) is 10.6. The normalized spacial score (nSPS) is 12.6. The Labute approximate surface area is 107 Å². The molecule has 1 heterocycles. The molecule has 0 saturated heterocycles. The number of aromatic nitrogens is 1. The summed E-state index contributed by atoms with van der Waals surface area (Å²) in [6.07, 6.45) is 3.21. The van der Waals surface area contributed by atoms with Crippen LogP contribution >= 0.6 is 11.3 Å². The third-order valence-electron chi connectivity index (χ3n) is 2.84. The van der Waals surface area contributed by atoms with Crippen LogP contribution in [-0.2, 0) is 6.42 Å². The average Bonchev–Trinajstić information content (AvgIpc) is 2.77. The molecule has 0 fully saturated rings. The third-order valence-corrected chi connectivity index (χ3v) is 3.63. The molecule has 0 bridgehead atoms. The topological polar surface area (TPSA) is 38.9 Å². The summed E-state index contributed by atoms with van der Waals surface area (Å²) in [5.41, 5.74) is 8.54. The third kappa shape index (κ3) is 3.65. The molecular weight excluding hydrogens is 228 g/mol. The number of benzene rings is 1. The maximum absolute atomic E-state index is 6.12. The van der Waals surface area contributed by atoms with E-state index >= 15 is 0 Å². The van der Waals surface area contributed by atoms with Gasteiger partial charge in [0.05, 0.1) is 10.7 Å². The van der Waals surface area contributed by atoms with Crippen LogP contribution in [0.3, 0.4) is 0 Å². The molecule has 3 heteroatoms. The van der Waals surface area contributed by atoms with E-state index in [-0.39, 0.29) is 6.04 Å². The molecule has 0 amide bonds. The highest BCUT2D eigenvalue weighted by Crippen LogP contribution is 2.19. The summed E-state index contributed by atoms with van der Waals surface area (Å²) in [6.45, 7) is 2.02. The van der Waals surface area contributed by atoms with Crippen molar-refractivity contribution in [3.8, 4) is 0 Å². The summed E-state index contributed by atoms with van der Waals surface area (Å²) in [5.74, 6) is 0. The molecular formula is C14H18N2S. The minimum atomic E-state index is 0.0867. The lowest BCUT2D eigenvalue weighted by molar-refractivity contribution is 0.600. The fourth-order valence-electron chi connectivity index (χ4n) is 1.87. The molecule has 2 nitrogen and oxygen atoms in total. The first-order valence-electron chi connectivity index (χ1n) is 5.97. The van der Waals surface area contributed by atoms with Crippen molar-refractivity contribution in [2.45, 2.75) is 32.2 Å². The first kappa shape index (κ1) is 12.3. The summed E-state index contributed by atoms with van der Waals surface area (Å²) in [4.78, 5) is 4.43. The Kier molecular flexibility index (Phi) is 4.29. The van der Waals surface area contributed by atoms with Crippen LogP contribution in [-0.4, -0.2) is 4.98 Å². The van der Waals surface area contributed by atoms with Gasteiger partial charge in [-0.1, -0.05) is 30.3 Å². The molecule has 2 rings (SSSR count). The van der Waals surface area contributed by atoms with Crippen molar-refractivity contribution in [2.75, 3.05) is 0 Å². The maximum atomic E-state index is 6.12. The average molecular weight is 246 g/mol. The zero-order valence-electron chi connectivity index (χ0n) is 10.1. The molecule has 0 spiro atoms. The van der Waals surface area contributed by atoms with Crippen molar-refractivity contribution in [1.29, 1.82) is 0 Å². The molecule has 1 unspecified atom stereocenters. The van der Waals surface area contributed by atoms with Crippen LogP contribution in [0.5, 0.6) is 0 Å². The lowest BCUT2D eigenvalue weighted by Gasteiger charge is -2.08. The molecule has 0 radical (unpaired) electrons. The predicted molar refractivity (Wildman–Crippen MR) is 73.2 cm³/mol. The number of nitrogens with zero attached hydrogens (tertiary/aromatic N) is 1. The number of thiazole rings is 1. The summed E-state index contributed by atoms with van der Waals surface area (Å²) >= 11 is 1.67. The van der Waals surface area contributed by atoms with Crippen LogP contribution in [0.1, 0.15) is 35.1 Å². The molecule has 2 aromatic rings. The highest BCUT2D eigenvalue weighted by molar-refractivity contribution is 7.09. The van der Waals surface area contributed by atoms with Crippen molar-refractivity contribution < 1.29 is 0 Å². The molecule has 17 heavy (non-hydrogen) atoms. The minimum absolute atomic E-state index is 0.0867. The molecule has 1 atom stereocenters. The van der Waals surface area contributed by atoms with E-state index in [1.807, 2.05) is 13.0 Å². The van der Waals surface area contributed by atoms with Gasteiger partial charge in [0.2, 0.25) is 0 Å². The monoisotopic (exact) mass is 246 g/mol. The van der Waals surface area contributed by atoms with Crippen LogP contribution in [0.2, 0.25) is 0 Å². The molecule has 2 N–H and O–H groups in total. The van der Waals surface area contributed by atoms with Gasteiger partial charge in [0, 0.05) is 11.4 Å². The van der Waals surface area contributed by atoms with Crippen molar-refractivity contribution in [3.63, 3.8) is 0 Å². The smallest absolute Gasteiger partial charge is 0.0898 e. The fraction of sp³-hybridized carbons (Fsp3) is 0.357. The summed E-state index contributed by atoms with van der Waals surface area (Å²) in [7, 11) is 0. The van der Waals surface area contributed by atoms with Gasteiger partial charge in [-0.25, -0.2) is 4.98 Å². The largest absolute Gasteiger partial charge is 0.323 e. The quantitative estimate of drug-likeness (QED) is 0.877. The maximum Gasteiger partial charge on any atom is 0.0898 e. The first-order chi connectivity index (χ1) is 8.25. The van der Waals surface area contributed by atoms with Gasteiger partial charge in [-0.3, -0.25) is 0 Å². The van der Waals surface area contributed by atoms with Crippen molar-refractivity contribution in [3.05, 3.63) is 52.0 Å². The van der Waals surface area contributed by atoms with E-state index in [0.717, 1.165) is 30.0 Å². The first-order valence-corrected chi connectivity index (χ1v) is 6.85. The molecule has 0 aliphatic heterocycles. The van der Waals surface area contributed by atoms with Crippen LogP contribution in [0.4, 0.5) is 0 Å². The fourth-order valence-corrected chi connectivity index (χ4v) is 2.55. The van der Waals surface area contributed by atoms with E-state index in [0.29, 0.717) is 0 Å². The lowest BCUT2D eigenvalue weighted by Crippen LogP contribution is -2.10. The van der Waals surface area contributed by atoms with Crippen LogP contribution in [0.15, 0.2) is 35.7 Å². The molecule has 0 aliphatic rings. The molecule has 0 aliphatic carbocycles. The van der Waals surface area contributed by atoms with Crippen molar-refractivity contribution in [2.24, 2.45) is 5.73 Å². The van der Waals surface area contributed by atoms with Gasteiger partial charge < -0.3 is 5.73 Å². The number of nitrogens with two attached hydrogens (primary N) is 1. The van der Waals surface area contributed by atoms with Gasteiger partial charge in [0.15, 0.2) is 0 Å². The van der Waals surface area contributed by atoms with Crippen LogP contribution in [0.25, 0.3) is 0 Å². The lowest BCUT2D eigenvalue weighted by atomic mass is 10.0. The predicted octanol–water partition coefficient (Wildman–Crippen LogP) is 3.47. The van der Waals surface area contributed by atoms with Gasteiger partial charge in [-0.05, 0) is 31.7 Å². The Balaban J connectivity index is 1.79. The van der Waals surface area contributed by atoms with E-state index in [1.54, 1.807) is 11.3 Å². The Morgan fingerprint density at radius 2 is 2.06 bits per heavy atom. The summed E-state index contributed by atoms with van der Waals surface area (Å²) in [5, 5.41) is 3.17. The number of aryl methyl sites for hydroxylation is 2. The van der Waals surface area contributed by atoms with Gasteiger partial charge in [0.25, 0.3) is 0 Å². The van der Waals surface area contributed by atoms with Crippen molar-refractivity contribution in [1.82, 2.24) is 4.98 Å². The minimum Gasteiger partial charge on any atom is -0.323 e. The van der Waals surface area contributed by atoms with E-state index in [4.69, 9.17) is 5.73 Å². The summed E-state index contributed by atoms with van der Waals surface area (Å²) < 4.78 is 0. The Morgan fingerprint density at radius 1 is 1.29 bits per heavy atom. The Bertz CT molecular complexity index is 450. The van der Waals surface area contributed by atoms with Crippen molar-refractivity contribution >= 4 is 11.3 Å². The second-order valence-electron chi connectivity index (χ2n) is 4.28. The molecule has 90 valence electrons. The van der Waals surface area contributed by atoms with E-state index < -0.39 is 0 Å². The van der Waals surface area contributed by atoms with Gasteiger partial charge in [-0.2, -0.15) is 0 Å². The second-order valence-corrected chi connectivity index (χ2v) is 5.34. The van der Waals surface area contributed by atoms with Crippen LogP contribution < -0.4 is 5.73 Å². The van der Waals surface area contributed by atoms with E-state index in [9.17, 15) is 0 Å². The van der Waals surface area contributed by atoms with E-state index in [1.165, 1.54) is 5.56 Å². The van der Waals surface area contributed by atoms with E-state index in [2.05, 4.69) is 34.6 Å². The highest BCUT2D eigenvalue weighted by Gasteiger charge is 2.08. The van der Waals surface area contributed by atoms with Gasteiger partial charge in [0.1, 0.15) is 0 Å². The molecule has 1 aromatic heterocycles. The molecule has 0 saturated carbocycles. The zero-order valence-corrected chi connectivity index (χ0v) is 10.9. The Morgan fingerprint density at radius 3 is 2.71 bits per heavy atom. The number of hydrogen-bond donors (Lipinski definition) is 1. The SMILES string of the molecule is Cc1nc(C(N)CCCc2ccccc2)cs1. The van der Waals surface area contributed by atoms with Crippen LogP contribution in [0, 0.1) is 6.92 Å². The standard InChI is InChI=1S/C14H18N2S/c1-11-16-14(10-17-11)13(15)9-5-8-12-6-3-2-4-7-12/h2-4,6-7,10,13H,5,8-9,15H2,1H3. The number of rotatable bonds is 5. The van der Waals surface area contributed by atoms with Gasteiger partial charge >= 0.3 is 0 Å². The van der Waals surface area contributed by atoms with Gasteiger partial charge in [-0.15, -0.1) is 11.3 Å². The second kappa shape index (κ2) is 5.94. The number of hydrogen-bond acceptors (Lipinski definition) is 3. The zero-order chi connectivity index (χ0) is 12.1. The molecule has 1 aromatic carbocycles.